The Balaban J connectivity index is 1.52. The summed E-state index contributed by atoms with van der Waals surface area (Å²) in [6.45, 7) is 2.29. The minimum atomic E-state index is -0.642. The number of methoxy groups -OCH3 is 1. The first-order chi connectivity index (χ1) is 16.4. The van der Waals surface area contributed by atoms with E-state index in [-0.39, 0.29) is 5.78 Å². The Labute approximate surface area is 206 Å². The molecule has 2 aromatic carbocycles. The molecule has 3 N–H and O–H groups in total. The summed E-state index contributed by atoms with van der Waals surface area (Å²) in [5.74, 6) is 0.990. The third kappa shape index (κ3) is 3.90. The van der Waals surface area contributed by atoms with Gasteiger partial charge in [-0.1, -0.05) is 42.0 Å². The van der Waals surface area contributed by atoms with E-state index in [0.29, 0.717) is 56.0 Å². The second kappa shape index (κ2) is 8.72. The van der Waals surface area contributed by atoms with Crippen molar-refractivity contribution in [2.45, 2.75) is 12.5 Å². The number of nitrogens with zero attached hydrogens (tertiary/aromatic N) is 1. The third-order valence-electron chi connectivity index (χ3n) is 5.69. The molecular weight excluding hydrogens is 472 g/mol. The number of anilines is 2. The number of aromatic amines is 1. The van der Waals surface area contributed by atoms with Gasteiger partial charge < -0.3 is 25.1 Å². The fraction of sp³-hybridized carbons (Fsp3) is 0.160. The first-order valence-corrected chi connectivity index (χ1v) is 11.3. The van der Waals surface area contributed by atoms with Gasteiger partial charge in [0, 0.05) is 24.9 Å². The third-order valence-corrected chi connectivity index (χ3v) is 6.56. The van der Waals surface area contributed by atoms with E-state index in [2.05, 4.69) is 20.6 Å². The molecule has 0 unspecified atom stereocenters. The Morgan fingerprint density at radius 1 is 1.15 bits per heavy atom. The predicted octanol–water partition coefficient (Wildman–Crippen LogP) is 5.81. The van der Waals surface area contributed by atoms with E-state index < -0.39 is 5.54 Å². The number of halogens is 1. The lowest BCUT2D eigenvalue weighted by Crippen LogP contribution is -2.52. The van der Waals surface area contributed by atoms with E-state index in [1.165, 1.54) is 0 Å². The van der Waals surface area contributed by atoms with Crippen LogP contribution in [0, 0.1) is 0 Å². The van der Waals surface area contributed by atoms with Gasteiger partial charge in [-0.3, -0.25) is 4.79 Å². The van der Waals surface area contributed by atoms with Gasteiger partial charge in [-0.2, -0.15) is 0 Å². The fourth-order valence-electron chi connectivity index (χ4n) is 4.00. The highest BCUT2D eigenvalue weighted by Crippen LogP contribution is 2.39. The molecule has 34 heavy (non-hydrogen) atoms. The first kappa shape index (κ1) is 22.3. The van der Waals surface area contributed by atoms with Crippen molar-refractivity contribution < 1.29 is 14.3 Å². The molecule has 2 aromatic heterocycles. The molecule has 7 nitrogen and oxygen atoms in total. The van der Waals surface area contributed by atoms with Gasteiger partial charge in [0.05, 0.1) is 40.2 Å². The average molecular weight is 493 g/mol. The normalized spacial score (nSPS) is 17.1. The van der Waals surface area contributed by atoms with Gasteiger partial charge in [0.15, 0.2) is 5.78 Å². The lowest BCUT2D eigenvalue weighted by Gasteiger charge is -2.37. The molecule has 0 spiro atoms. The Hall–Kier alpha value is -3.46. The number of benzene rings is 2. The highest BCUT2D eigenvalue weighted by atomic mass is 35.5. The van der Waals surface area contributed by atoms with Crippen molar-refractivity contribution in [1.82, 2.24) is 9.97 Å². The highest BCUT2D eigenvalue weighted by molar-refractivity contribution is 7.80. The van der Waals surface area contributed by atoms with Gasteiger partial charge in [0.2, 0.25) is 0 Å². The largest absolute Gasteiger partial charge is 0.457 e. The zero-order chi connectivity index (χ0) is 23.9. The molecule has 3 heterocycles. The lowest BCUT2D eigenvalue weighted by molar-refractivity contribution is 0.104. The number of thiocarbonyl (C=S) groups is 1. The summed E-state index contributed by atoms with van der Waals surface area (Å²) in [4.78, 5) is 21.7. The molecule has 0 saturated carbocycles. The highest BCUT2D eigenvalue weighted by Gasteiger charge is 2.36. The van der Waals surface area contributed by atoms with Crippen LogP contribution in [0.2, 0.25) is 5.02 Å². The minimum absolute atomic E-state index is 0.235. The van der Waals surface area contributed by atoms with E-state index in [1.54, 1.807) is 37.7 Å². The van der Waals surface area contributed by atoms with Crippen molar-refractivity contribution in [1.29, 1.82) is 0 Å². The molecular formula is C25H21ClN4O3S. The number of pyridine rings is 1. The van der Waals surface area contributed by atoms with Crippen LogP contribution < -0.4 is 15.4 Å². The number of carbonyl (C=O) groups excluding carboxylic acids is 1. The number of para-hydroxylation sites is 1. The zero-order valence-electron chi connectivity index (χ0n) is 18.4. The maximum Gasteiger partial charge on any atom is 0.196 e. The van der Waals surface area contributed by atoms with Crippen molar-refractivity contribution >= 4 is 57.0 Å². The van der Waals surface area contributed by atoms with Crippen LogP contribution in [0.15, 0.2) is 60.9 Å². The fourth-order valence-corrected chi connectivity index (χ4v) is 4.47. The molecule has 172 valence electrons. The predicted molar refractivity (Wildman–Crippen MR) is 138 cm³/mol. The topological polar surface area (TPSA) is 88.3 Å². The molecule has 0 amide bonds. The zero-order valence-corrected chi connectivity index (χ0v) is 20.0. The van der Waals surface area contributed by atoms with Crippen LogP contribution in [-0.4, -0.2) is 40.0 Å². The number of hydrogen-bond acceptors (Lipinski definition) is 6. The van der Waals surface area contributed by atoms with Gasteiger partial charge in [-0.15, -0.1) is 0 Å². The Morgan fingerprint density at radius 3 is 2.68 bits per heavy atom. The maximum absolute atomic E-state index is 13.6. The summed E-state index contributed by atoms with van der Waals surface area (Å²) in [6, 6.07) is 14.4. The van der Waals surface area contributed by atoms with E-state index in [1.807, 2.05) is 37.3 Å². The van der Waals surface area contributed by atoms with Crippen LogP contribution >= 0.6 is 23.8 Å². The molecule has 9 heteroatoms. The summed E-state index contributed by atoms with van der Waals surface area (Å²) in [5.41, 5.74) is 2.15. The second-order valence-electron chi connectivity index (χ2n) is 8.20. The molecule has 4 aromatic rings. The number of hydrogen-bond donors (Lipinski definition) is 3. The van der Waals surface area contributed by atoms with Crippen LogP contribution in [-0.2, 0) is 4.74 Å². The summed E-state index contributed by atoms with van der Waals surface area (Å²) in [6.07, 6.45) is 3.32. The van der Waals surface area contributed by atoms with Crippen LogP contribution in [0.3, 0.4) is 0 Å². The number of carbonyl (C=O) groups is 1. The van der Waals surface area contributed by atoms with Crippen LogP contribution in [0.25, 0.3) is 11.0 Å². The molecule has 5 rings (SSSR count). The van der Waals surface area contributed by atoms with E-state index >= 15 is 0 Å². The number of rotatable bonds is 6. The number of nitrogens with one attached hydrogen (secondary N) is 3. The van der Waals surface area contributed by atoms with Gasteiger partial charge >= 0.3 is 0 Å². The van der Waals surface area contributed by atoms with E-state index in [4.69, 9.17) is 33.3 Å². The van der Waals surface area contributed by atoms with Crippen LogP contribution in [0.1, 0.15) is 22.8 Å². The van der Waals surface area contributed by atoms with Crippen LogP contribution in [0.5, 0.6) is 11.5 Å². The monoisotopic (exact) mass is 492 g/mol. The summed E-state index contributed by atoms with van der Waals surface area (Å²) >= 11 is 12.1. The van der Waals surface area contributed by atoms with Crippen LogP contribution in [0.4, 0.5) is 11.4 Å². The van der Waals surface area contributed by atoms with Gasteiger partial charge in [-0.05, 0) is 31.2 Å². The van der Waals surface area contributed by atoms with Gasteiger partial charge in [0.25, 0.3) is 0 Å². The first-order valence-electron chi connectivity index (χ1n) is 10.6. The molecule has 1 aliphatic heterocycles. The lowest BCUT2D eigenvalue weighted by atomic mass is 9.96. The Kier molecular flexibility index (Phi) is 5.73. The quantitative estimate of drug-likeness (QED) is 0.231. The minimum Gasteiger partial charge on any atom is -0.457 e. The van der Waals surface area contributed by atoms with Gasteiger partial charge in [-0.25, -0.2) is 4.98 Å². The molecule has 1 atom stereocenters. The molecule has 0 radical (unpaired) electrons. The number of ketones is 1. The van der Waals surface area contributed by atoms with Crippen molar-refractivity contribution in [3.8, 4) is 11.5 Å². The maximum atomic E-state index is 13.6. The number of fused-ring (bicyclic) bond motifs is 3. The average Bonchev–Trinajstić information content (AvgIpc) is 3.25. The number of H-pyrrole nitrogens is 1. The SMILES string of the molecule is COC[C@]1(C)Nc2c(cnc3[nH]cc(C(=O)c4ccc(Oc5ccccc5)cc4Cl)c23)NC1=S. The molecule has 0 fully saturated rings. The van der Waals surface area contributed by atoms with Crippen molar-refractivity contribution in [2.24, 2.45) is 0 Å². The molecule has 0 saturated heterocycles. The Morgan fingerprint density at radius 2 is 1.94 bits per heavy atom. The van der Waals surface area contributed by atoms with Crippen molar-refractivity contribution in [3.05, 3.63) is 77.1 Å². The molecule has 1 aliphatic rings. The summed E-state index contributed by atoms with van der Waals surface area (Å²) in [5, 5.41) is 7.63. The Bertz CT molecular complexity index is 1420. The van der Waals surface area contributed by atoms with Gasteiger partial charge in [0.1, 0.15) is 27.7 Å². The summed E-state index contributed by atoms with van der Waals surface area (Å²) in [7, 11) is 1.62. The van der Waals surface area contributed by atoms with Crippen molar-refractivity contribution in [2.75, 3.05) is 24.4 Å². The number of ether oxygens (including phenoxy) is 2. The smallest absolute Gasteiger partial charge is 0.196 e. The van der Waals surface area contributed by atoms with E-state index in [9.17, 15) is 4.79 Å². The molecule has 0 aliphatic carbocycles. The standard InChI is InChI=1S/C25H21ClN4O3S/c1-25(13-32-2)24(34)29-19-12-28-23-20(21(19)30-25)17(11-27-23)22(31)16-9-8-15(10-18(16)26)33-14-6-4-3-5-7-14/h3-12,30H,13H2,1-2H3,(H,27,28)(H,29,34)/t25-/m0/s1. The second-order valence-corrected chi connectivity index (χ2v) is 9.02. The number of aromatic nitrogens is 2. The van der Waals surface area contributed by atoms with Crippen molar-refractivity contribution in [3.63, 3.8) is 0 Å². The summed E-state index contributed by atoms with van der Waals surface area (Å²) < 4.78 is 11.2. The molecule has 0 bridgehead atoms. The van der Waals surface area contributed by atoms with E-state index in [0.717, 1.165) is 5.69 Å².